The van der Waals surface area contributed by atoms with Gasteiger partial charge in [0.1, 0.15) is 4.60 Å². The van der Waals surface area contributed by atoms with Crippen LogP contribution in [0.2, 0.25) is 0 Å². The summed E-state index contributed by atoms with van der Waals surface area (Å²) in [5.41, 5.74) is 2.33. The summed E-state index contributed by atoms with van der Waals surface area (Å²) in [4.78, 5) is 4.10. The molecule has 0 unspecified atom stereocenters. The van der Waals surface area contributed by atoms with Crippen LogP contribution in [0.5, 0.6) is 0 Å². The zero-order chi connectivity index (χ0) is 9.97. The standard InChI is InChI=1S/C11H7Br2N/c12-10-4-2-1-3-9(10)8-5-6-14-11(13)7-8/h1-7H. The molecular weight excluding hydrogens is 306 g/mol. The van der Waals surface area contributed by atoms with Gasteiger partial charge in [-0.1, -0.05) is 34.1 Å². The van der Waals surface area contributed by atoms with E-state index in [0.29, 0.717) is 0 Å². The molecule has 0 saturated heterocycles. The maximum absolute atomic E-state index is 4.10. The Morgan fingerprint density at radius 2 is 1.79 bits per heavy atom. The van der Waals surface area contributed by atoms with Gasteiger partial charge in [-0.05, 0) is 45.3 Å². The Hall–Kier alpha value is -0.670. The molecule has 1 nitrogen and oxygen atoms in total. The molecule has 0 saturated carbocycles. The molecule has 0 radical (unpaired) electrons. The van der Waals surface area contributed by atoms with E-state index in [0.717, 1.165) is 14.6 Å². The lowest BCUT2D eigenvalue weighted by atomic mass is 10.1. The third-order valence-corrected chi connectivity index (χ3v) is 3.04. The van der Waals surface area contributed by atoms with Crippen molar-refractivity contribution in [1.29, 1.82) is 0 Å². The van der Waals surface area contributed by atoms with Crippen LogP contribution in [0.15, 0.2) is 51.7 Å². The van der Waals surface area contributed by atoms with Gasteiger partial charge in [-0.2, -0.15) is 0 Å². The molecule has 2 rings (SSSR count). The lowest BCUT2D eigenvalue weighted by Gasteiger charge is -2.03. The molecule has 0 aliphatic rings. The molecule has 0 aliphatic carbocycles. The van der Waals surface area contributed by atoms with Crippen LogP contribution in [0.3, 0.4) is 0 Å². The first-order valence-corrected chi connectivity index (χ1v) is 5.72. The van der Waals surface area contributed by atoms with Crippen LogP contribution in [0, 0.1) is 0 Å². The predicted molar refractivity (Wildman–Crippen MR) is 65.1 cm³/mol. The Morgan fingerprint density at radius 1 is 1.00 bits per heavy atom. The van der Waals surface area contributed by atoms with Gasteiger partial charge in [0.05, 0.1) is 0 Å². The predicted octanol–water partition coefficient (Wildman–Crippen LogP) is 4.27. The van der Waals surface area contributed by atoms with Crippen LogP contribution in [0.25, 0.3) is 11.1 Å². The fraction of sp³-hybridized carbons (Fsp3) is 0. The number of benzene rings is 1. The summed E-state index contributed by atoms with van der Waals surface area (Å²) < 4.78 is 1.95. The van der Waals surface area contributed by atoms with Gasteiger partial charge >= 0.3 is 0 Å². The third-order valence-electron chi connectivity index (χ3n) is 1.91. The van der Waals surface area contributed by atoms with Crippen molar-refractivity contribution >= 4 is 31.9 Å². The summed E-state index contributed by atoms with van der Waals surface area (Å²) in [7, 11) is 0. The second-order valence-electron chi connectivity index (χ2n) is 2.85. The zero-order valence-electron chi connectivity index (χ0n) is 7.24. The normalized spacial score (nSPS) is 10.1. The molecule has 0 spiro atoms. The minimum absolute atomic E-state index is 0.853. The van der Waals surface area contributed by atoms with Crippen molar-refractivity contribution in [3.05, 3.63) is 51.7 Å². The van der Waals surface area contributed by atoms with Crippen LogP contribution in [-0.2, 0) is 0 Å². The van der Waals surface area contributed by atoms with Crippen molar-refractivity contribution < 1.29 is 0 Å². The number of hydrogen-bond donors (Lipinski definition) is 0. The van der Waals surface area contributed by atoms with E-state index in [1.165, 1.54) is 5.56 Å². The first-order chi connectivity index (χ1) is 6.77. The first kappa shape index (κ1) is 9.87. The van der Waals surface area contributed by atoms with E-state index in [1.54, 1.807) is 6.20 Å². The Morgan fingerprint density at radius 3 is 2.50 bits per heavy atom. The minimum atomic E-state index is 0.853. The van der Waals surface area contributed by atoms with Gasteiger partial charge in [0, 0.05) is 10.7 Å². The van der Waals surface area contributed by atoms with Gasteiger partial charge in [-0.25, -0.2) is 4.98 Å². The summed E-state index contributed by atoms with van der Waals surface area (Å²) in [5.74, 6) is 0. The average molecular weight is 313 g/mol. The van der Waals surface area contributed by atoms with Gasteiger partial charge in [0.2, 0.25) is 0 Å². The van der Waals surface area contributed by atoms with Crippen LogP contribution in [0.4, 0.5) is 0 Å². The highest BCUT2D eigenvalue weighted by atomic mass is 79.9. The quantitative estimate of drug-likeness (QED) is 0.716. The molecule has 0 amide bonds. The Labute approximate surface area is 99.4 Å². The van der Waals surface area contributed by atoms with E-state index >= 15 is 0 Å². The van der Waals surface area contributed by atoms with Crippen molar-refractivity contribution in [3.8, 4) is 11.1 Å². The zero-order valence-corrected chi connectivity index (χ0v) is 10.4. The van der Waals surface area contributed by atoms with Crippen LogP contribution in [-0.4, -0.2) is 4.98 Å². The monoisotopic (exact) mass is 311 g/mol. The topological polar surface area (TPSA) is 12.9 Å². The van der Waals surface area contributed by atoms with Gasteiger partial charge in [0.25, 0.3) is 0 Å². The minimum Gasteiger partial charge on any atom is -0.249 e. The number of aromatic nitrogens is 1. The Balaban J connectivity index is 2.55. The SMILES string of the molecule is Brc1cc(-c2ccccc2Br)ccn1. The second-order valence-corrected chi connectivity index (χ2v) is 4.51. The van der Waals surface area contributed by atoms with Crippen LogP contribution >= 0.6 is 31.9 Å². The molecule has 1 heterocycles. The maximum Gasteiger partial charge on any atom is 0.106 e. The van der Waals surface area contributed by atoms with Crippen molar-refractivity contribution in [1.82, 2.24) is 4.98 Å². The molecule has 1 aromatic heterocycles. The molecule has 1 aromatic carbocycles. The van der Waals surface area contributed by atoms with Crippen molar-refractivity contribution in [2.75, 3.05) is 0 Å². The molecule has 14 heavy (non-hydrogen) atoms. The van der Waals surface area contributed by atoms with Crippen molar-refractivity contribution in [2.24, 2.45) is 0 Å². The van der Waals surface area contributed by atoms with Crippen molar-refractivity contribution in [2.45, 2.75) is 0 Å². The summed E-state index contributed by atoms with van der Waals surface area (Å²) in [6.07, 6.45) is 1.79. The summed E-state index contributed by atoms with van der Waals surface area (Å²) in [6, 6.07) is 12.1. The lowest BCUT2D eigenvalue weighted by Crippen LogP contribution is -1.81. The Kier molecular flexibility index (Phi) is 2.99. The molecular formula is C11H7Br2N. The number of rotatable bonds is 1. The number of halogens is 2. The highest BCUT2D eigenvalue weighted by Gasteiger charge is 2.01. The summed E-state index contributed by atoms with van der Waals surface area (Å²) in [5, 5.41) is 0. The number of nitrogens with zero attached hydrogens (tertiary/aromatic N) is 1. The van der Waals surface area contributed by atoms with Gasteiger partial charge in [-0.15, -0.1) is 0 Å². The van der Waals surface area contributed by atoms with E-state index in [4.69, 9.17) is 0 Å². The van der Waals surface area contributed by atoms with Crippen LogP contribution < -0.4 is 0 Å². The molecule has 0 fully saturated rings. The van der Waals surface area contributed by atoms with E-state index in [1.807, 2.05) is 30.3 Å². The molecule has 0 atom stereocenters. The van der Waals surface area contributed by atoms with E-state index in [2.05, 4.69) is 42.9 Å². The molecule has 0 N–H and O–H groups in total. The summed E-state index contributed by atoms with van der Waals surface area (Å²) in [6.45, 7) is 0. The number of pyridine rings is 1. The fourth-order valence-electron chi connectivity index (χ4n) is 1.27. The van der Waals surface area contributed by atoms with Crippen LogP contribution in [0.1, 0.15) is 0 Å². The third kappa shape index (κ3) is 2.04. The van der Waals surface area contributed by atoms with Crippen molar-refractivity contribution in [3.63, 3.8) is 0 Å². The maximum atomic E-state index is 4.10. The van der Waals surface area contributed by atoms with Gasteiger partial charge < -0.3 is 0 Å². The van der Waals surface area contributed by atoms with E-state index < -0.39 is 0 Å². The molecule has 3 heteroatoms. The summed E-state index contributed by atoms with van der Waals surface area (Å²) >= 11 is 6.88. The smallest absolute Gasteiger partial charge is 0.106 e. The largest absolute Gasteiger partial charge is 0.249 e. The van der Waals surface area contributed by atoms with E-state index in [-0.39, 0.29) is 0 Å². The molecule has 0 aliphatic heterocycles. The number of hydrogen-bond acceptors (Lipinski definition) is 1. The Bertz CT molecular complexity index is 455. The molecule has 70 valence electrons. The fourth-order valence-corrected chi connectivity index (χ4v) is 2.14. The van der Waals surface area contributed by atoms with E-state index in [9.17, 15) is 0 Å². The lowest BCUT2D eigenvalue weighted by molar-refractivity contribution is 1.28. The highest BCUT2D eigenvalue weighted by Crippen LogP contribution is 2.28. The highest BCUT2D eigenvalue weighted by molar-refractivity contribution is 9.10. The van der Waals surface area contributed by atoms with Gasteiger partial charge in [0.15, 0.2) is 0 Å². The second kappa shape index (κ2) is 4.24. The van der Waals surface area contributed by atoms with Gasteiger partial charge in [-0.3, -0.25) is 0 Å². The molecule has 0 bridgehead atoms. The molecule has 2 aromatic rings. The first-order valence-electron chi connectivity index (χ1n) is 4.14. The average Bonchev–Trinajstić information content (AvgIpc) is 2.18.